The summed E-state index contributed by atoms with van der Waals surface area (Å²) in [6, 6.07) is 6.99. The van der Waals surface area contributed by atoms with Crippen LogP contribution < -0.4 is 4.31 Å². The predicted molar refractivity (Wildman–Crippen MR) is 84.0 cm³/mol. The number of carboxylic acid groups (broad SMARTS) is 1. The highest BCUT2D eigenvalue weighted by molar-refractivity contribution is 7.92. The third-order valence-corrected chi connectivity index (χ3v) is 5.86. The van der Waals surface area contributed by atoms with Gasteiger partial charge in [0.05, 0.1) is 12.0 Å². The summed E-state index contributed by atoms with van der Waals surface area (Å²) in [5.41, 5.74) is 0.845. The van der Waals surface area contributed by atoms with Crippen LogP contribution in [0.25, 0.3) is 0 Å². The van der Waals surface area contributed by atoms with Gasteiger partial charge in [-0.25, -0.2) is 9.10 Å². The van der Waals surface area contributed by atoms with Gasteiger partial charge in [-0.3, -0.25) is 0 Å². The zero-order valence-corrected chi connectivity index (χ0v) is 13.8. The Morgan fingerprint density at radius 3 is 2.52 bits per heavy atom. The molecule has 6 nitrogen and oxygen atoms in total. The van der Waals surface area contributed by atoms with E-state index in [1.807, 2.05) is 0 Å². The lowest BCUT2D eigenvalue weighted by Crippen LogP contribution is -2.49. The van der Waals surface area contributed by atoms with Crippen molar-refractivity contribution in [2.75, 3.05) is 4.31 Å². The van der Waals surface area contributed by atoms with Gasteiger partial charge in [0.15, 0.2) is 6.04 Å². The molecule has 0 saturated heterocycles. The molecule has 23 heavy (non-hydrogen) atoms. The third-order valence-electron chi connectivity index (χ3n) is 4.21. The van der Waals surface area contributed by atoms with Crippen molar-refractivity contribution in [1.29, 1.82) is 0 Å². The number of hydrogen-bond donors (Lipinski definition) is 1. The number of hydrogen-bond acceptors (Lipinski definition) is 4. The first-order chi connectivity index (χ1) is 10.7. The van der Waals surface area contributed by atoms with E-state index in [4.69, 9.17) is 4.42 Å². The molecule has 3 rings (SSSR count). The minimum Gasteiger partial charge on any atom is -0.480 e. The molecule has 0 fully saturated rings. The van der Waals surface area contributed by atoms with E-state index in [-0.39, 0.29) is 5.09 Å². The van der Waals surface area contributed by atoms with E-state index in [1.165, 1.54) is 12.3 Å². The van der Waals surface area contributed by atoms with Gasteiger partial charge in [0.25, 0.3) is 10.0 Å². The second-order valence-corrected chi connectivity index (χ2v) is 7.97. The average molecular weight is 335 g/mol. The number of aliphatic carboxylic acids is 1. The quantitative estimate of drug-likeness (QED) is 0.931. The van der Waals surface area contributed by atoms with Crippen molar-refractivity contribution in [3.05, 3.63) is 47.7 Å². The Hall–Kier alpha value is -2.28. The first-order valence-electron chi connectivity index (χ1n) is 7.09. The Kier molecular flexibility index (Phi) is 3.30. The molecule has 0 spiro atoms. The first kappa shape index (κ1) is 15.6. The molecule has 1 aliphatic rings. The number of anilines is 1. The number of aryl methyl sites for hydroxylation is 1. The van der Waals surface area contributed by atoms with Crippen LogP contribution in [-0.4, -0.2) is 25.5 Å². The highest BCUT2D eigenvalue weighted by Crippen LogP contribution is 2.47. The summed E-state index contributed by atoms with van der Waals surface area (Å²) in [5.74, 6) is -1.20. The van der Waals surface area contributed by atoms with E-state index < -0.39 is 27.4 Å². The minimum absolute atomic E-state index is 0.256. The summed E-state index contributed by atoms with van der Waals surface area (Å²) < 4.78 is 32.1. The van der Waals surface area contributed by atoms with E-state index in [2.05, 4.69) is 0 Å². The lowest BCUT2D eigenvalue weighted by Gasteiger charge is -2.29. The number of sulfonamides is 1. The number of nitrogens with zero attached hydrogens (tertiary/aromatic N) is 1. The van der Waals surface area contributed by atoms with Crippen molar-refractivity contribution in [2.24, 2.45) is 0 Å². The maximum atomic E-state index is 13.0. The molecule has 1 unspecified atom stereocenters. The molecule has 0 bridgehead atoms. The molecule has 0 radical (unpaired) electrons. The minimum atomic E-state index is -4.11. The van der Waals surface area contributed by atoms with Crippen molar-refractivity contribution in [1.82, 2.24) is 0 Å². The van der Waals surface area contributed by atoms with Crippen LogP contribution in [0, 0.1) is 6.92 Å². The molecule has 122 valence electrons. The number of fused-ring (bicyclic) bond motifs is 1. The Balaban J connectivity index is 2.26. The molecule has 0 saturated carbocycles. The Morgan fingerprint density at radius 2 is 1.96 bits per heavy atom. The van der Waals surface area contributed by atoms with Crippen LogP contribution in [0.5, 0.6) is 0 Å². The van der Waals surface area contributed by atoms with Crippen LogP contribution in [0.2, 0.25) is 0 Å². The van der Waals surface area contributed by atoms with Crippen LogP contribution in [0.4, 0.5) is 5.69 Å². The highest BCUT2D eigenvalue weighted by Gasteiger charge is 2.54. The average Bonchev–Trinajstić information content (AvgIpc) is 3.00. The Bertz CT molecular complexity index is 881. The second kappa shape index (κ2) is 4.86. The summed E-state index contributed by atoms with van der Waals surface area (Å²) in [4.78, 5) is 11.8. The van der Waals surface area contributed by atoms with Crippen LogP contribution in [0.3, 0.4) is 0 Å². The number of benzene rings is 1. The van der Waals surface area contributed by atoms with Gasteiger partial charge in [-0.15, -0.1) is 0 Å². The molecule has 7 heteroatoms. The molecule has 1 aliphatic heterocycles. The summed E-state index contributed by atoms with van der Waals surface area (Å²) in [6.45, 7) is 5.17. The smallest absolute Gasteiger partial charge is 0.328 e. The summed E-state index contributed by atoms with van der Waals surface area (Å²) in [6.07, 6.45) is 1.33. The van der Waals surface area contributed by atoms with Crippen LogP contribution in [0.15, 0.2) is 46.1 Å². The third kappa shape index (κ3) is 2.15. The second-order valence-electron chi connectivity index (χ2n) is 6.22. The molecular weight excluding hydrogens is 318 g/mol. The molecule has 1 aromatic carbocycles. The standard InChI is InChI=1S/C16H17NO5S/c1-10-8-13(22-9-10)23(20,21)17-12-7-5-4-6-11(12)16(2,3)14(17)15(18)19/h4-9,14H,1-3H3,(H,18,19). The fourth-order valence-corrected chi connectivity index (χ4v) is 4.85. The lowest BCUT2D eigenvalue weighted by atomic mass is 9.81. The first-order valence-corrected chi connectivity index (χ1v) is 8.53. The van der Waals surface area contributed by atoms with Crippen molar-refractivity contribution in [3.63, 3.8) is 0 Å². The van der Waals surface area contributed by atoms with E-state index in [1.54, 1.807) is 45.0 Å². The van der Waals surface area contributed by atoms with Gasteiger partial charge in [-0.2, -0.15) is 8.42 Å². The zero-order chi connectivity index (χ0) is 17.0. The molecular formula is C16H17NO5S. The van der Waals surface area contributed by atoms with Gasteiger partial charge in [0, 0.05) is 11.5 Å². The van der Waals surface area contributed by atoms with E-state index >= 15 is 0 Å². The summed E-state index contributed by atoms with van der Waals surface area (Å²) in [7, 11) is -4.11. The number of carbonyl (C=O) groups is 1. The number of para-hydroxylation sites is 1. The number of furan rings is 1. The van der Waals surface area contributed by atoms with Gasteiger partial charge in [0.2, 0.25) is 5.09 Å². The fraction of sp³-hybridized carbons (Fsp3) is 0.312. The highest BCUT2D eigenvalue weighted by atomic mass is 32.2. The van der Waals surface area contributed by atoms with Gasteiger partial charge >= 0.3 is 5.97 Å². The van der Waals surface area contributed by atoms with Crippen molar-refractivity contribution in [2.45, 2.75) is 37.3 Å². The van der Waals surface area contributed by atoms with Gasteiger partial charge < -0.3 is 9.52 Å². The van der Waals surface area contributed by atoms with Crippen molar-refractivity contribution >= 4 is 21.7 Å². The van der Waals surface area contributed by atoms with Gasteiger partial charge in [-0.05, 0) is 24.1 Å². The van der Waals surface area contributed by atoms with Gasteiger partial charge in [0.1, 0.15) is 0 Å². The van der Waals surface area contributed by atoms with Crippen LogP contribution in [-0.2, 0) is 20.2 Å². The lowest BCUT2D eigenvalue weighted by molar-refractivity contribution is -0.139. The van der Waals surface area contributed by atoms with Crippen molar-refractivity contribution in [3.8, 4) is 0 Å². The Labute approximate surface area is 134 Å². The number of rotatable bonds is 3. The van der Waals surface area contributed by atoms with E-state index in [0.717, 1.165) is 4.31 Å². The molecule has 0 amide bonds. The van der Waals surface area contributed by atoms with E-state index in [0.29, 0.717) is 16.8 Å². The maximum absolute atomic E-state index is 13.0. The molecule has 2 heterocycles. The predicted octanol–water partition coefficient (Wildman–Crippen LogP) is 2.53. The molecule has 2 aromatic rings. The zero-order valence-electron chi connectivity index (χ0n) is 13.0. The topological polar surface area (TPSA) is 87.8 Å². The normalized spacial score (nSPS) is 19.6. The monoisotopic (exact) mass is 335 g/mol. The fourth-order valence-electron chi connectivity index (χ4n) is 3.10. The summed E-state index contributed by atoms with van der Waals surface area (Å²) in [5, 5.41) is 9.41. The summed E-state index contributed by atoms with van der Waals surface area (Å²) >= 11 is 0. The SMILES string of the molecule is Cc1coc(S(=O)(=O)N2c3ccccc3C(C)(C)C2C(=O)O)c1. The van der Waals surface area contributed by atoms with Gasteiger partial charge in [-0.1, -0.05) is 32.0 Å². The van der Waals surface area contributed by atoms with Crippen molar-refractivity contribution < 1.29 is 22.7 Å². The molecule has 1 N–H and O–H groups in total. The largest absolute Gasteiger partial charge is 0.480 e. The van der Waals surface area contributed by atoms with E-state index in [9.17, 15) is 18.3 Å². The molecule has 0 aliphatic carbocycles. The molecule has 1 aromatic heterocycles. The van der Waals surface area contributed by atoms with Crippen LogP contribution in [0.1, 0.15) is 25.0 Å². The Morgan fingerprint density at radius 1 is 1.30 bits per heavy atom. The molecule has 1 atom stereocenters. The van der Waals surface area contributed by atoms with Crippen LogP contribution >= 0.6 is 0 Å². The maximum Gasteiger partial charge on any atom is 0.328 e. The number of carboxylic acids is 1.